The predicted octanol–water partition coefficient (Wildman–Crippen LogP) is 3.10. The molecular weight excluding hydrogens is 165 g/mol. The number of aromatic nitrogens is 1. The molecule has 0 fully saturated rings. The van der Waals surface area contributed by atoms with E-state index in [0.29, 0.717) is 5.15 Å². The lowest BCUT2D eigenvalue weighted by Crippen LogP contribution is -2.10. The first-order chi connectivity index (χ1) is 4.91. The lowest BCUT2D eigenvalue weighted by Gasteiger charge is -2.16. The average Bonchev–Trinajstić information content (AvgIpc) is 2.08. The Morgan fingerprint density at radius 1 is 1.45 bits per heavy atom. The van der Waals surface area contributed by atoms with Crippen LogP contribution in [0.3, 0.4) is 0 Å². The first-order valence-corrected chi connectivity index (χ1v) is 3.83. The smallest absolute Gasteiger partial charge is 0.192 e. The van der Waals surface area contributed by atoms with Crippen molar-refractivity contribution in [2.75, 3.05) is 0 Å². The molecule has 0 aliphatic heterocycles. The van der Waals surface area contributed by atoms with Crippen LogP contribution in [0.4, 0.5) is 4.39 Å². The van der Waals surface area contributed by atoms with Crippen LogP contribution >= 0.6 is 11.6 Å². The lowest BCUT2D eigenvalue weighted by atomic mass is 9.89. The number of nitrogens with one attached hydrogen (secondary N) is 1. The van der Waals surface area contributed by atoms with Crippen LogP contribution in [0.1, 0.15) is 26.3 Å². The second kappa shape index (κ2) is 2.52. The van der Waals surface area contributed by atoms with Crippen LogP contribution in [0.25, 0.3) is 0 Å². The summed E-state index contributed by atoms with van der Waals surface area (Å²) >= 11 is 5.73. The van der Waals surface area contributed by atoms with Crippen molar-refractivity contribution >= 4 is 11.6 Å². The highest BCUT2D eigenvalue weighted by molar-refractivity contribution is 6.30. The Balaban J connectivity index is 3.13. The van der Waals surface area contributed by atoms with Gasteiger partial charge in [-0.2, -0.15) is 4.39 Å². The summed E-state index contributed by atoms with van der Waals surface area (Å²) in [5.41, 5.74) is 0.717. The van der Waals surface area contributed by atoms with Crippen LogP contribution in [-0.4, -0.2) is 4.98 Å². The molecule has 1 nitrogen and oxygen atoms in total. The van der Waals surface area contributed by atoms with E-state index in [-0.39, 0.29) is 11.4 Å². The highest BCUT2D eigenvalue weighted by atomic mass is 35.5. The third-order valence-electron chi connectivity index (χ3n) is 1.54. The zero-order chi connectivity index (χ0) is 8.65. The van der Waals surface area contributed by atoms with Gasteiger partial charge in [-0.05, 0) is 17.0 Å². The first-order valence-electron chi connectivity index (χ1n) is 3.46. The molecule has 1 heterocycles. The Kier molecular flexibility index (Phi) is 1.97. The zero-order valence-electron chi connectivity index (χ0n) is 6.83. The lowest BCUT2D eigenvalue weighted by molar-refractivity contribution is 0.578. The summed E-state index contributed by atoms with van der Waals surface area (Å²) in [6, 6.07) is 1.43. The topological polar surface area (TPSA) is 15.8 Å². The van der Waals surface area contributed by atoms with E-state index >= 15 is 0 Å². The molecule has 0 radical (unpaired) electrons. The summed E-state index contributed by atoms with van der Waals surface area (Å²) in [4.78, 5) is 2.41. The molecule has 1 aromatic heterocycles. The third-order valence-corrected chi connectivity index (χ3v) is 1.84. The zero-order valence-corrected chi connectivity index (χ0v) is 7.59. The molecule has 1 N–H and O–H groups in total. The Bertz CT molecular complexity index is 260. The predicted molar refractivity (Wildman–Crippen MR) is 44.5 cm³/mol. The van der Waals surface area contributed by atoms with Gasteiger partial charge in [0.05, 0.1) is 0 Å². The SMILES string of the molecule is CC(C)(C)c1cc(F)[nH]c1Cl. The maximum atomic E-state index is 12.6. The highest BCUT2D eigenvalue weighted by Gasteiger charge is 2.19. The second-order valence-corrected chi connectivity index (χ2v) is 3.97. The fourth-order valence-corrected chi connectivity index (χ4v) is 1.37. The van der Waals surface area contributed by atoms with Crippen molar-refractivity contribution < 1.29 is 4.39 Å². The normalized spacial score (nSPS) is 12.1. The fraction of sp³-hybridized carbons (Fsp3) is 0.500. The first kappa shape index (κ1) is 8.60. The maximum Gasteiger partial charge on any atom is 0.192 e. The molecule has 0 bridgehead atoms. The van der Waals surface area contributed by atoms with Gasteiger partial charge in [0.2, 0.25) is 0 Å². The highest BCUT2D eigenvalue weighted by Crippen LogP contribution is 2.29. The van der Waals surface area contributed by atoms with Crippen molar-refractivity contribution in [3.05, 3.63) is 22.7 Å². The van der Waals surface area contributed by atoms with Gasteiger partial charge in [-0.3, -0.25) is 0 Å². The summed E-state index contributed by atoms with van der Waals surface area (Å²) in [7, 11) is 0. The quantitative estimate of drug-likeness (QED) is 0.624. The molecule has 1 rings (SSSR count). The van der Waals surface area contributed by atoms with E-state index < -0.39 is 0 Å². The number of hydrogen-bond donors (Lipinski definition) is 1. The molecule has 0 aliphatic carbocycles. The van der Waals surface area contributed by atoms with Crippen LogP contribution < -0.4 is 0 Å². The molecule has 0 amide bonds. The number of rotatable bonds is 0. The minimum atomic E-state index is -0.375. The largest absolute Gasteiger partial charge is 0.322 e. The third kappa shape index (κ3) is 1.74. The number of aromatic amines is 1. The number of halogens is 2. The number of hydrogen-bond acceptors (Lipinski definition) is 0. The molecule has 0 aliphatic rings. The van der Waals surface area contributed by atoms with Crippen molar-refractivity contribution in [2.45, 2.75) is 26.2 Å². The van der Waals surface area contributed by atoms with Crippen LogP contribution in [0.15, 0.2) is 6.07 Å². The van der Waals surface area contributed by atoms with Crippen molar-refractivity contribution in [1.82, 2.24) is 4.98 Å². The van der Waals surface area contributed by atoms with Crippen LogP contribution in [0, 0.1) is 5.95 Å². The van der Waals surface area contributed by atoms with E-state index in [0.717, 1.165) is 5.56 Å². The van der Waals surface area contributed by atoms with Gasteiger partial charge in [0.25, 0.3) is 0 Å². The Morgan fingerprint density at radius 2 is 2.00 bits per heavy atom. The monoisotopic (exact) mass is 175 g/mol. The van der Waals surface area contributed by atoms with Crippen LogP contribution in [-0.2, 0) is 5.41 Å². The average molecular weight is 176 g/mol. The summed E-state index contributed by atoms with van der Waals surface area (Å²) in [6.07, 6.45) is 0. The molecular formula is C8H11ClFN. The van der Waals surface area contributed by atoms with E-state index in [4.69, 9.17) is 11.6 Å². The summed E-state index contributed by atoms with van der Waals surface area (Å²) in [5, 5.41) is 0.398. The van der Waals surface area contributed by atoms with E-state index in [1.807, 2.05) is 20.8 Å². The van der Waals surface area contributed by atoms with Gasteiger partial charge in [-0.1, -0.05) is 32.4 Å². The van der Waals surface area contributed by atoms with Crippen LogP contribution in [0.2, 0.25) is 5.15 Å². The summed E-state index contributed by atoms with van der Waals surface area (Å²) < 4.78 is 12.6. The molecule has 0 unspecified atom stereocenters. The second-order valence-electron chi connectivity index (χ2n) is 3.59. The van der Waals surface area contributed by atoms with Gasteiger partial charge in [0.15, 0.2) is 5.95 Å². The van der Waals surface area contributed by atoms with E-state index in [2.05, 4.69) is 4.98 Å². The van der Waals surface area contributed by atoms with Crippen molar-refractivity contribution in [2.24, 2.45) is 0 Å². The van der Waals surface area contributed by atoms with Crippen molar-refractivity contribution in [3.63, 3.8) is 0 Å². The van der Waals surface area contributed by atoms with Gasteiger partial charge in [0, 0.05) is 0 Å². The van der Waals surface area contributed by atoms with Crippen molar-refractivity contribution in [3.8, 4) is 0 Å². The molecule has 62 valence electrons. The maximum absolute atomic E-state index is 12.6. The molecule has 0 saturated carbocycles. The Labute approximate surface area is 70.6 Å². The molecule has 1 aromatic rings. The summed E-state index contributed by atoms with van der Waals surface area (Å²) in [5.74, 6) is -0.375. The molecule has 0 spiro atoms. The van der Waals surface area contributed by atoms with Gasteiger partial charge in [-0.25, -0.2) is 0 Å². The van der Waals surface area contributed by atoms with Gasteiger partial charge >= 0.3 is 0 Å². The Morgan fingerprint density at radius 3 is 2.18 bits per heavy atom. The van der Waals surface area contributed by atoms with Gasteiger partial charge in [0.1, 0.15) is 5.15 Å². The summed E-state index contributed by atoms with van der Waals surface area (Å²) in [6.45, 7) is 5.96. The fourth-order valence-electron chi connectivity index (χ4n) is 0.944. The van der Waals surface area contributed by atoms with E-state index in [1.54, 1.807) is 0 Å². The van der Waals surface area contributed by atoms with E-state index in [9.17, 15) is 4.39 Å². The molecule has 3 heteroatoms. The van der Waals surface area contributed by atoms with Crippen molar-refractivity contribution in [1.29, 1.82) is 0 Å². The number of H-pyrrole nitrogens is 1. The molecule has 0 atom stereocenters. The standard InChI is InChI=1S/C8H11ClFN/c1-8(2,3)5-4-6(10)11-7(5)9/h4,11H,1-3H3. The molecule has 11 heavy (non-hydrogen) atoms. The van der Waals surface area contributed by atoms with Gasteiger partial charge < -0.3 is 4.98 Å². The molecule has 0 aromatic carbocycles. The molecule has 0 saturated heterocycles. The minimum Gasteiger partial charge on any atom is -0.322 e. The van der Waals surface area contributed by atoms with E-state index in [1.165, 1.54) is 6.07 Å². The van der Waals surface area contributed by atoms with Gasteiger partial charge in [-0.15, -0.1) is 0 Å². The Hall–Kier alpha value is -0.500. The minimum absolute atomic E-state index is 0.0993. The van der Waals surface area contributed by atoms with Crippen LogP contribution in [0.5, 0.6) is 0 Å².